The molecule has 3 aromatic rings. The van der Waals surface area contributed by atoms with E-state index in [1.54, 1.807) is 6.07 Å². The summed E-state index contributed by atoms with van der Waals surface area (Å²) in [5, 5.41) is 20.0. The fourth-order valence-electron chi connectivity index (χ4n) is 2.96. The summed E-state index contributed by atoms with van der Waals surface area (Å²) in [6.07, 6.45) is 2.68. The average Bonchev–Trinajstić information content (AvgIpc) is 2.92. The van der Waals surface area contributed by atoms with Crippen LogP contribution in [0.2, 0.25) is 5.02 Å². The molecule has 3 rings (SSSR count). The van der Waals surface area contributed by atoms with Crippen molar-refractivity contribution in [1.29, 1.82) is 5.26 Å². The number of aromatic nitrogens is 1. The lowest BCUT2D eigenvalue weighted by Gasteiger charge is -2.06. The second-order valence-corrected chi connectivity index (χ2v) is 6.20. The number of nitrogen functional groups attached to an aromatic ring is 1. The summed E-state index contributed by atoms with van der Waals surface area (Å²) >= 11 is 6.41. The SMILES string of the molecule is Cc1cc2c(cc1C#N)c(-c1cccc(N)c1Cl)cn2CCCO. The maximum absolute atomic E-state index is 9.35. The number of aliphatic hydroxyl groups excluding tert-OH is 1. The van der Waals surface area contributed by atoms with Gasteiger partial charge in [-0.3, -0.25) is 0 Å². The first-order valence-electron chi connectivity index (χ1n) is 7.75. The van der Waals surface area contributed by atoms with Crippen LogP contribution in [-0.4, -0.2) is 16.3 Å². The molecule has 3 N–H and O–H groups in total. The highest BCUT2D eigenvalue weighted by molar-refractivity contribution is 6.36. The predicted octanol–water partition coefficient (Wildman–Crippen LogP) is 4.11. The average molecular weight is 340 g/mol. The van der Waals surface area contributed by atoms with Gasteiger partial charge in [0.15, 0.2) is 0 Å². The highest BCUT2D eigenvalue weighted by Gasteiger charge is 2.15. The Balaban J connectivity index is 2.31. The zero-order valence-corrected chi connectivity index (χ0v) is 14.1. The van der Waals surface area contributed by atoms with E-state index in [1.807, 2.05) is 37.4 Å². The van der Waals surface area contributed by atoms with E-state index >= 15 is 0 Å². The minimum Gasteiger partial charge on any atom is -0.398 e. The Labute approximate surface area is 145 Å². The molecule has 2 aromatic carbocycles. The molecule has 122 valence electrons. The zero-order chi connectivity index (χ0) is 17.3. The third-order valence-corrected chi connectivity index (χ3v) is 4.65. The van der Waals surface area contributed by atoms with Crippen molar-refractivity contribution in [2.75, 3.05) is 12.3 Å². The van der Waals surface area contributed by atoms with Crippen molar-refractivity contribution in [1.82, 2.24) is 4.57 Å². The molecule has 0 saturated carbocycles. The first-order chi connectivity index (χ1) is 11.6. The van der Waals surface area contributed by atoms with E-state index in [4.69, 9.17) is 22.4 Å². The van der Waals surface area contributed by atoms with Gasteiger partial charge >= 0.3 is 0 Å². The van der Waals surface area contributed by atoms with Crippen molar-refractivity contribution in [3.8, 4) is 17.2 Å². The minimum absolute atomic E-state index is 0.128. The summed E-state index contributed by atoms with van der Waals surface area (Å²) in [6.45, 7) is 2.75. The second kappa shape index (κ2) is 6.56. The Morgan fingerprint density at radius 1 is 1.29 bits per heavy atom. The molecule has 0 aliphatic heterocycles. The number of aryl methyl sites for hydroxylation is 2. The number of aliphatic hydroxyl groups is 1. The third-order valence-electron chi connectivity index (χ3n) is 4.22. The Morgan fingerprint density at radius 2 is 2.08 bits per heavy atom. The molecule has 0 fully saturated rings. The Hall–Kier alpha value is -2.48. The fourth-order valence-corrected chi connectivity index (χ4v) is 3.19. The number of anilines is 1. The van der Waals surface area contributed by atoms with Crippen LogP contribution in [0.3, 0.4) is 0 Å². The van der Waals surface area contributed by atoms with E-state index in [9.17, 15) is 5.26 Å². The third kappa shape index (κ3) is 2.73. The van der Waals surface area contributed by atoms with Crippen molar-refractivity contribution in [2.24, 2.45) is 0 Å². The lowest BCUT2D eigenvalue weighted by atomic mass is 10.0. The number of benzene rings is 2. The molecule has 0 aliphatic rings. The molecule has 5 heteroatoms. The molecule has 0 spiro atoms. The maximum atomic E-state index is 9.35. The van der Waals surface area contributed by atoms with Crippen LogP contribution in [0.1, 0.15) is 17.5 Å². The van der Waals surface area contributed by atoms with Gasteiger partial charge in [-0.2, -0.15) is 5.26 Å². The summed E-state index contributed by atoms with van der Waals surface area (Å²) < 4.78 is 2.09. The van der Waals surface area contributed by atoms with Crippen LogP contribution in [0.5, 0.6) is 0 Å². The Morgan fingerprint density at radius 3 is 2.79 bits per heavy atom. The van der Waals surface area contributed by atoms with Crippen LogP contribution in [0.25, 0.3) is 22.0 Å². The molecular weight excluding hydrogens is 322 g/mol. The quantitative estimate of drug-likeness (QED) is 0.702. The monoisotopic (exact) mass is 339 g/mol. The normalized spacial score (nSPS) is 10.9. The standard InChI is InChI=1S/C19H18ClN3O/c1-12-8-18-15(9-13(12)10-21)16(11-23(18)6-3-7-24)14-4-2-5-17(22)19(14)20/h2,4-5,8-9,11,24H,3,6-7,22H2,1H3. The van der Waals surface area contributed by atoms with Gasteiger partial charge in [-0.15, -0.1) is 0 Å². The largest absolute Gasteiger partial charge is 0.398 e. The van der Waals surface area contributed by atoms with Crippen molar-refractivity contribution < 1.29 is 5.11 Å². The highest BCUT2D eigenvalue weighted by atomic mass is 35.5. The van der Waals surface area contributed by atoms with E-state index in [0.717, 1.165) is 27.6 Å². The van der Waals surface area contributed by atoms with Crippen LogP contribution in [0.15, 0.2) is 36.5 Å². The number of hydrogen-bond acceptors (Lipinski definition) is 3. The topological polar surface area (TPSA) is 75.0 Å². The van der Waals surface area contributed by atoms with Gasteiger partial charge in [0.25, 0.3) is 0 Å². The van der Waals surface area contributed by atoms with Gasteiger partial charge < -0.3 is 15.4 Å². The van der Waals surface area contributed by atoms with E-state index < -0.39 is 0 Å². The van der Waals surface area contributed by atoms with Crippen molar-refractivity contribution >= 4 is 28.2 Å². The smallest absolute Gasteiger partial charge is 0.0994 e. The van der Waals surface area contributed by atoms with Gasteiger partial charge in [0.2, 0.25) is 0 Å². The summed E-state index contributed by atoms with van der Waals surface area (Å²) in [6, 6.07) is 11.7. The first kappa shape index (κ1) is 16.4. The van der Waals surface area contributed by atoms with E-state index in [-0.39, 0.29) is 6.61 Å². The van der Waals surface area contributed by atoms with Gasteiger partial charge in [-0.25, -0.2) is 0 Å². The van der Waals surface area contributed by atoms with Gasteiger partial charge in [-0.05, 0) is 37.1 Å². The molecule has 0 bridgehead atoms. The molecule has 0 saturated heterocycles. The number of hydrogen-bond donors (Lipinski definition) is 2. The molecule has 0 aliphatic carbocycles. The summed E-state index contributed by atoms with van der Waals surface area (Å²) in [5.74, 6) is 0. The van der Waals surface area contributed by atoms with E-state index in [2.05, 4.69) is 10.6 Å². The fraction of sp³-hybridized carbons (Fsp3) is 0.211. The number of rotatable bonds is 4. The van der Waals surface area contributed by atoms with Crippen molar-refractivity contribution in [2.45, 2.75) is 19.9 Å². The summed E-state index contributed by atoms with van der Waals surface area (Å²) in [5.41, 5.74) is 10.9. The number of halogens is 1. The molecule has 0 unspecified atom stereocenters. The number of nitriles is 1. The highest BCUT2D eigenvalue weighted by Crippen LogP contribution is 2.38. The molecule has 1 heterocycles. The van der Waals surface area contributed by atoms with Crippen molar-refractivity contribution in [3.05, 3.63) is 52.7 Å². The number of nitrogens with zero attached hydrogens (tertiary/aromatic N) is 2. The van der Waals surface area contributed by atoms with Crippen LogP contribution in [-0.2, 0) is 6.54 Å². The van der Waals surface area contributed by atoms with Gasteiger partial charge in [0, 0.05) is 41.4 Å². The van der Waals surface area contributed by atoms with Crippen molar-refractivity contribution in [3.63, 3.8) is 0 Å². The lowest BCUT2D eigenvalue weighted by molar-refractivity contribution is 0.280. The minimum atomic E-state index is 0.128. The van der Waals surface area contributed by atoms with E-state index in [0.29, 0.717) is 29.2 Å². The van der Waals surface area contributed by atoms with Gasteiger partial charge in [0.05, 0.1) is 22.3 Å². The van der Waals surface area contributed by atoms with Crippen LogP contribution >= 0.6 is 11.6 Å². The number of fused-ring (bicyclic) bond motifs is 1. The van der Waals surface area contributed by atoms with Gasteiger partial charge in [0.1, 0.15) is 0 Å². The second-order valence-electron chi connectivity index (χ2n) is 5.82. The lowest BCUT2D eigenvalue weighted by Crippen LogP contribution is -1.98. The number of nitrogens with two attached hydrogens (primary N) is 1. The van der Waals surface area contributed by atoms with Crippen LogP contribution in [0.4, 0.5) is 5.69 Å². The maximum Gasteiger partial charge on any atom is 0.0994 e. The Kier molecular flexibility index (Phi) is 4.48. The molecule has 0 radical (unpaired) electrons. The predicted molar refractivity (Wildman–Crippen MR) is 98.0 cm³/mol. The summed E-state index contributed by atoms with van der Waals surface area (Å²) in [4.78, 5) is 0. The molecule has 0 atom stereocenters. The molecule has 4 nitrogen and oxygen atoms in total. The molecule has 1 aromatic heterocycles. The molecule has 24 heavy (non-hydrogen) atoms. The molecular formula is C19H18ClN3O. The first-order valence-corrected chi connectivity index (χ1v) is 8.13. The molecule has 0 amide bonds. The summed E-state index contributed by atoms with van der Waals surface area (Å²) in [7, 11) is 0. The van der Waals surface area contributed by atoms with E-state index in [1.165, 1.54) is 0 Å². The zero-order valence-electron chi connectivity index (χ0n) is 13.4. The van der Waals surface area contributed by atoms with Gasteiger partial charge in [-0.1, -0.05) is 23.7 Å². The van der Waals surface area contributed by atoms with Crippen LogP contribution < -0.4 is 5.73 Å². The van der Waals surface area contributed by atoms with Crippen LogP contribution in [0, 0.1) is 18.3 Å². The Bertz CT molecular complexity index is 953.